The predicted molar refractivity (Wildman–Crippen MR) is 80.2 cm³/mol. The number of nitrogens with zero attached hydrogens (tertiary/aromatic N) is 2. The van der Waals surface area contributed by atoms with Crippen LogP contribution in [0.15, 0.2) is 47.5 Å². The van der Waals surface area contributed by atoms with Crippen LogP contribution in [0.25, 0.3) is 0 Å². The summed E-state index contributed by atoms with van der Waals surface area (Å²) in [5.41, 5.74) is 1.78. The topological polar surface area (TPSA) is 58.4 Å². The van der Waals surface area contributed by atoms with Gasteiger partial charge >= 0.3 is 0 Å². The summed E-state index contributed by atoms with van der Waals surface area (Å²) in [5.74, 6) is 0.410. The van der Waals surface area contributed by atoms with E-state index in [0.717, 1.165) is 25.9 Å². The Hall–Kier alpha value is -2.30. The van der Waals surface area contributed by atoms with Crippen molar-refractivity contribution in [2.45, 2.75) is 12.8 Å². The molecular formula is C16H19N3O2. The Labute approximate surface area is 124 Å². The van der Waals surface area contributed by atoms with Crippen molar-refractivity contribution in [3.05, 3.63) is 48.7 Å². The van der Waals surface area contributed by atoms with E-state index in [1.807, 2.05) is 24.5 Å². The van der Waals surface area contributed by atoms with Gasteiger partial charge in [0.15, 0.2) is 0 Å². The maximum absolute atomic E-state index is 11.9. The highest BCUT2D eigenvalue weighted by Crippen LogP contribution is 2.22. The highest BCUT2D eigenvalue weighted by molar-refractivity contribution is 5.93. The van der Waals surface area contributed by atoms with Crippen molar-refractivity contribution >= 4 is 11.6 Å². The molecule has 3 heterocycles. The van der Waals surface area contributed by atoms with Crippen LogP contribution in [0.4, 0.5) is 5.69 Å². The number of pyridine rings is 1. The van der Waals surface area contributed by atoms with Crippen LogP contribution in [0.5, 0.6) is 0 Å². The Morgan fingerprint density at radius 3 is 3.00 bits per heavy atom. The van der Waals surface area contributed by atoms with Gasteiger partial charge in [0.1, 0.15) is 6.26 Å². The number of piperidine rings is 1. The maximum atomic E-state index is 11.9. The minimum atomic E-state index is -0.0650. The largest absolute Gasteiger partial charge is 0.472 e. The second-order valence-electron chi connectivity index (χ2n) is 5.38. The standard InChI is InChI=1S/C16H19N3O2/c20-16(14-5-9-21-12-14)18-10-13-2-1-8-19(11-13)15-3-6-17-7-4-15/h3-7,9,12-13H,1-2,8,10-11H2,(H,18,20). The fourth-order valence-corrected chi connectivity index (χ4v) is 2.75. The van der Waals surface area contributed by atoms with Gasteiger partial charge in [-0.1, -0.05) is 0 Å². The number of aromatic nitrogens is 1. The van der Waals surface area contributed by atoms with E-state index in [1.54, 1.807) is 6.07 Å². The molecule has 5 nitrogen and oxygen atoms in total. The number of rotatable bonds is 4. The zero-order valence-corrected chi connectivity index (χ0v) is 11.9. The molecule has 5 heteroatoms. The summed E-state index contributed by atoms with van der Waals surface area (Å²) in [4.78, 5) is 18.3. The smallest absolute Gasteiger partial charge is 0.254 e. The lowest BCUT2D eigenvalue weighted by Gasteiger charge is -2.34. The molecule has 1 aliphatic heterocycles. The van der Waals surface area contributed by atoms with Crippen molar-refractivity contribution in [1.29, 1.82) is 0 Å². The zero-order chi connectivity index (χ0) is 14.5. The minimum Gasteiger partial charge on any atom is -0.472 e. The molecule has 0 saturated carbocycles. The first kappa shape index (κ1) is 13.7. The Kier molecular flexibility index (Phi) is 4.19. The fraction of sp³-hybridized carbons (Fsp3) is 0.375. The van der Waals surface area contributed by atoms with E-state index in [4.69, 9.17) is 4.42 Å². The number of amides is 1. The second-order valence-corrected chi connectivity index (χ2v) is 5.38. The van der Waals surface area contributed by atoms with Gasteiger partial charge in [0.05, 0.1) is 11.8 Å². The van der Waals surface area contributed by atoms with E-state index in [-0.39, 0.29) is 5.91 Å². The molecule has 1 saturated heterocycles. The van der Waals surface area contributed by atoms with E-state index < -0.39 is 0 Å². The molecule has 1 N–H and O–H groups in total. The number of anilines is 1. The number of carbonyl (C=O) groups excluding carboxylic acids is 1. The number of carbonyl (C=O) groups is 1. The second kappa shape index (κ2) is 6.43. The molecule has 2 aromatic heterocycles. The summed E-state index contributed by atoms with van der Waals surface area (Å²) in [7, 11) is 0. The summed E-state index contributed by atoms with van der Waals surface area (Å²) >= 11 is 0. The Morgan fingerprint density at radius 1 is 1.38 bits per heavy atom. The predicted octanol–water partition coefficient (Wildman–Crippen LogP) is 2.32. The molecule has 0 bridgehead atoms. The third-order valence-electron chi connectivity index (χ3n) is 3.88. The first-order valence-corrected chi connectivity index (χ1v) is 7.28. The fourth-order valence-electron chi connectivity index (χ4n) is 2.75. The maximum Gasteiger partial charge on any atom is 0.254 e. The van der Waals surface area contributed by atoms with Crippen molar-refractivity contribution in [1.82, 2.24) is 10.3 Å². The average molecular weight is 285 g/mol. The van der Waals surface area contributed by atoms with Crippen LogP contribution >= 0.6 is 0 Å². The molecular weight excluding hydrogens is 266 g/mol. The monoisotopic (exact) mass is 285 g/mol. The Balaban J connectivity index is 1.53. The Morgan fingerprint density at radius 2 is 2.24 bits per heavy atom. The van der Waals surface area contributed by atoms with Crippen LogP contribution in [-0.4, -0.2) is 30.5 Å². The van der Waals surface area contributed by atoms with Gasteiger partial charge in [0.25, 0.3) is 5.91 Å². The third-order valence-corrected chi connectivity index (χ3v) is 3.88. The number of furan rings is 1. The molecule has 0 spiro atoms. The zero-order valence-electron chi connectivity index (χ0n) is 11.9. The van der Waals surface area contributed by atoms with Crippen molar-refractivity contribution in [3.8, 4) is 0 Å². The summed E-state index contributed by atoms with van der Waals surface area (Å²) in [6.07, 6.45) is 8.92. The quantitative estimate of drug-likeness (QED) is 0.936. The van der Waals surface area contributed by atoms with Crippen molar-refractivity contribution in [3.63, 3.8) is 0 Å². The summed E-state index contributed by atoms with van der Waals surface area (Å²) in [5, 5.41) is 2.99. The van der Waals surface area contributed by atoms with Gasteiger partial charge in [-0.25, -0.2) is 0 Å². The van der Waals surface area contributed by atoms with Gasteiger partial charge in [-0.3, -0.25) is 9.78 Å². The van der Waals surface area contributed by atoms with Crippen LogP contribution in [0.1, 0.15) is 23.2 Å². The van der Waals surface area contributed by atoms with Gasteiger partial charge < -0.3 is 14.6 Å². The van der Waals surface area contributed by atoms with Crippen LogP contribution in [0.2, 0.25) is 0 Å². The summed E-state index contributed by atoms with van der Waals surface area (Å²) < 4.78 is 4.93. The third kappa shape index (κ3) is 3.42. The molecule has 1 fully saturated rings. The molecule has 1 aliphatic rings. The summed E-state index contributed by atoms with van der Waals surface area (Å²) in [6.45, 7) is 2.73. The molecule has 0 aliphatic carbocycles. The first-order valence-electron chi connectivity index (χ1n) is 7.28. The lowest BCUT2D eigenvalue weighted by Crippen LogP contribution is -2.41. The Bertz CT molecular complexity index is 568. The molecule has 21 heavy (non-hydrogen) atoms. The molecule has 0 aromatic carbocycles. The van der Waals surface area contributed by atoms with Crippen LogP contribution in [0, 0.1) is 5.92 Å². The molecule has 0 radical (unpaired) electrons. The van der Waals surface area contributed by atoms with E-state index in [2.05, 4.69) is 15.2 Å². The number of nitrogens with one attached hydrogen (secondary N) is 1. The lowest BCUT2D eigenvalue weighted by atomic mass is 9.97. The van der Waals surface area contributed by atoms with Gasteiger partial charge in [-0.2, -0.15) is 0 Å². The first-order chi connectivity index (χ1) is 10.3. The van der Waals surface area contributed by atoms with Gasteiger partial charge in [-0.15, -0.1) is 0 Å². The average Bonchev–Trinajstić information content (AvgIpc) is 3.08. The van der Waals surface area contributed by atoms with Crippen LogP contribution in [-0.2, 0) is 0 Å². The van der Waals surface area contributed by atoms with Gasteiger partial charge in [-0.05, 0) is 37.0 Å². The van der Waals surface area contributed by atoms with E-state index >= 15 is 0 Å². The highest BCUT2D eigenvalue weighted by Gasteiger charge is 2.21. The lowest BCUT2D eigenvalue weighted by molar-refractivity contribution is 0.0945. The molecule has 110 valence electrons. The van der Waals surface area contributed by atoms with Gasteiger partial charge in [0.2, 0.25) is 0 Å². The van der Waals surface area contributed by atoms with E-state index in [9.17, 15) is 4.79 Å². The molecule has 1 atom stereocenters. The van der Waals surface area contributed by atoms with Crippen LogP contribution in [0.3, 0.4) is 0 Å². The minimum absolute atomic E-state index is 0.0650. The normalized spacial score (nSPS) is 18.5. The molecule has 2 aromatic rings. The van der Waals surface area contributed by atoms with Crippen LogP contribution < -0.4 is 10.2 Å². The summed E-state index contributed by atoms with van der Waals surface area (Å²) in [6, 6.07) is 5.75. The number of hydrogen-bond donors (Lipinski definition) is 1. The van der Waals surface area contributed by atoms with E-state index in [1.165, 1.54) is 18.2 Å². The van der Waals surface area contributed by atoms with Crippen molar-refractivity contribution < 1.29 is 9.21 Å². The highest BCUT2D eigenvalue weighted by atomic mass is 16.3. The SMILES string of the molecule is O=C(NCC1CCCN(c2ccncc2)C1)c1ccoc1. The molecule has 3 rings (SSSR count). The van der Waals surface area contributed by atoms with Crippen molar-refractivity contribution in [2.24, 2.45) is 5.92 Å². The van der Waals surface area contributed by atoms with Crippen molar-refractivity contribution in [2.75, 3.05) is 24.5 Å². The molecule has 1 unspecified atom stereocenters. The molecule has 1 amide bonds. The van der Waals surface area contributed by atoms with Gasteiger partial charge in [0, 0.05) is 37.7 Å². The van der Waals surface area contributed by atoms with E-state index in [0.29, 0.717) is 18.0 Å². The number of hydrogen-bond acceptors (Lipinski definition) is 4.